The van der Waals surface area contributed by atoms with Crippen LogP contribution in [-0.4, -0.2) is 38.5 Å². The van der Waals surface area contributed by atoms with E-state index in [-0.39, 0.29) is 0 Å². The number of ether oxygens (including phenoxy) is 2. The summed E-state index contributed by atoms with van der Waals surface area (Å²) in [7, 11) is 0. The van der Waals surface area contributed by atoms with E-state index < -0.39 is 0 Å². The van der Waals surface area contributed by atoms with Crippen LogP contribution in [0.1, 0.15) is 40.0 Å². The molecule has 0 bridgehead atoms. The van der Waals surface area contributed by atoms with E-state index in [0.29, 0.717) is 12.1 Å². The second-order valence-corrected chi connectivity index (χ2v) is 4.97. The van der Waals surface area contributed by atoms with Crippen molar-refractivity contribution in [1.29, 1.82) is 0 Å². The van der Waals surface area contributed by atoms with Gasteiger partial charge >= 0.3 is 0 Å². The third-order valence-corrected chi connectivity index (χ3v) is 3.21. The predicted molar refractivity (Wildman–Crippen MR) is 66.7 cm³/mol. The predicted octanol–water partition coefficient (Wildman–Crippen LogP) is 2.21. The molecule has 0 aliphatic carbocycles. The van der Waals surface area contributed by atoms with Gasteiger partial charge < -0.3 is 14.8 Å². The van der Waals surface area contributed by atoms with Gasteiger partial charge in [-0.15, -0.1) is 0 Å². The molecular formula is C13H27NO2. The maximum absolute atomic E-state index is 5.51. The van der Waals surface area contributed by atoms with E-state index in [2.05, 4.69) is 26.1 Å². The molecule has 1 aliphatic rings. The lowest BCUT2D eigenvalue weighted by atomic mass is 9.93. The lowest BCUT2D eigenvalue weighted by molar-refractivity contribution is 0.0540. The smallest absolute Gasteiger partial charge is 0.0518 e. The van der Waals surface area contributed by atoms with Crippen molar-refractivity contribution in [2.45, 2.75) is 52.2 Å². The normalized spacial score (nSPS) is 20.2. The molecule has 0 spiro atoms. The molecule has 1 N–H and O–H groups in total. The van der Waals surface area contributed by atoms with E-state index in [0.717, 1.165) is 38.7 Å². The van der Waals surface area contributed by atoms with Crippen LogP contribution in [0.25, 0.3) is 0 Å². The molecule has 0 radical (unpaired) electrons. The van der Waals surface area contributed by atoms with E-state index in [1.165, 1.54) is 12.8 Å². The Morgan fingerprint density at radius 2 is 1.94 bits per heavy atom. The highest BCUT2D eigenvalue weighted by atomic mass is 16.5. The zero-order valence-electron chi connectivity index (χ0n) is 11.0. The van der Waals surface area contributed by atoms with Gasteiger partial charge in [-0.2, -0.15) is 0 Å². The lowest BCUT2D eigenvalue weighted by Gasteiger charge is -2.28. The van der Waals surface area contributed by atoms with E-state index in [1.807, 2.05) is 0 Å². The highest BCUT2D eigenvalue weighted by Gasteiger charge is 2.19. The Kier molecular flexibility index (Phi) is 7.01. The molecule has 16 heavy (non-hydrogen) atoms. The molecule has 0 saturated carbocycles. The summed E-state index contributed by atoms with van der Waals surface area (Å²) in [6.45, 7) is 10.3. The summed E-state index contributed by atoms with van der Waals surface area (Å²) < 4.78 is 10.9. The largest absolute Gasteiger partial charge is 0.381 e. The minimum atomic E-state index is 0.355. The van der Waals surface area contributed by atoms with E-state index in [9.17, 15) is 0 Å². The maximum Gasteiger partial charge on any atom is 0.0518 e. The van der Waals surface area contributed by atoms with Gasteiger partial charge in [0.15, 0.2) is 0 Å². The van der Waals surface area contributed by atoms with Crippen molar-refractivity contribution >= 4 is 0 Å². The summed E-state index contributed by atoms with van der Waals surface area (Å²) in [6, 6.07) is 0.614. The van der Waals surface area contributed by atoms with Crippen LogP contribution in [-0.2, 0) is 9.47 Å². The molecule has 1 heterocycles. The minimum absolute atomic E-state index is 0.355. The Hall–Kier alpha value is -0.120. The molecule has 0 aromatic heterocycles. The Labute approximate surface area is 99.9 Å². The molecule has 1 fully saturated rings. The summed E-state index contributed by atoms with van der Waals surface area (Å²) in [5, 5.41) is 3.59. The molecule has 1 rings (SSSR count). The third kappa shape index (κ3) is 5.83. The second-order valence-electron chi connectivity index (χ2n) is 4.97. The fourth-order valence-corrected chi connectivity index (χ4v) is 2.10. The van der Waals surface area contributed by atoms with Crippen LogP contribution in [0.15, 0.2) is 0 Å². The number of hydrogen-bond donors (Lipinski definition) is 1. The van der Waals surface area contributed by atoms with Gasteiger partial charge in [0.1, 0.15) is 0 Å². The average molecular weight is 229 g/mol. The fraction of sp³-hybridized carbons (Fsp3) is 1.00. The highest BCUT2D eigenvalue weighted by Crippen LogP contribution is 2.18. The standard InChI is InChI=1S/C13H27NO2/c1-11(2)16-8-4-7-14-12(3)13-5-9-15-10-6-13/h11-14H,4-10H2,1-3H3. The minimum Gasteiger partial charge on any atom is -0.381 e. The van der Waals surface area contributed by atoms with E-state index in [4.69, 9.17) is 9.47 Å². The van der Waals surface area contributed by atoms with Crippen LogP contribution in [0.4, 0.5) is 0 Å². The molecule has 3 heteroatoms. The van der Waals surface area contributed by atoms with Crippen molar-refractivity contribution < 1.29 is 9.47 Å². The van der Waals surface area contributed by atoms with Gasteiger partial charge in [0.25, 0.3) is 0 Å². The molecule has 0 amide bonds. The molecule has 0 aromatic rings. The van der Waals surface area contributed by atoms with Crippen molar-refractivity contribution in [2.75, 3.05) is 26.4 Å². The molecule has 0 aromatic carbocycles. The van der Waals surface area contributed by atoms with Crippen molar-refractivity contribution in [3.05, 3.63) is 0 Å². The zero-order valence-corrected chi connectivity index (χ0v) is 11.0. The Morgan fingerprint density at radius 1 is 1.25 bits per heavy atom. The van der Waals surface area contributed by atoms with Gasteiger partial charge in [0, 0.05) is 25.9 Å². The van der Waals surface area contributed by atoms with Gasteiger partial charge in [0.2, 0.25) is 0 Å². The maximum atomic E-state index is 5.51. The van der Waals surface area contributed by atoms with Gasteiger partial charge in [-0.3, -0.25) is 0 Å². The molecule has 1 aliphatic heterocycles. The van der Waals surface area contributed by atoms with E-state index in [1.54, 1.807) is 0 Å². The van der Waals surface area contributed by atoms with Crippen LogP contribution in [0.2, 0.25) is 0 Å². The number of rotatable bonds is 7. The molecular weight excluding hydrogens is 202 g/mol. The SMILES string of the molecule is CC(C)OCCCNC(C)C1CCOCC1. The number of nitrogens with one attached hydrogen (secondary N) is 1. The van der Waals surface area contributed by atoms with Crippen LogP contribution >= 0.6 is 0 Å². The highest BCUT2D eigenvalue weighted by molar-refractivity contribution is 4.74. The molecule has 1 atom stereocenters. The summed E-state index contributed by atoms with van der Waals surface area (Å²) in [6.07, 6.45) is 3.87. The Morgan fingerprint density at radius 3 is 2.56 bits per heavy atom. The summed E-state index contributed by atoms with van der Waals surface area (Å²) in [5.74, 6) is 0.791. The first-order chi connectivity index (χ1) is 7.70. The van der Waals surface area contributed by atoms with Gasteiger partial charge in [0.05, 0.1) is 6.10 Å². The Balaban J connectivity index is 1.98. The monoisotopic (exact) mass is 229 g/mol. The third-order valence-electron chi connectivity index (χ3n) is 3.21. The average Bonchev–Trinajstić information content (AvgIpc) is 2.29. The van der Waals surface area contributed by atoms with Crippen molar-refractivity contribution in [3.8, 4) is 0 Å². The van der Waals surface area contributed by atoms with Crippen LogP contribution in [0.3, 0.4) is 0 Å². The van der Waals surface area contributed by atoms with Gasteiger partial charge in [-0.05, 0) is 52.5 Å². The first-order valence-corrected chi connectivity index (χ1v) is 6.63. The van der Waals surface area contributed by atoms with Crippen molar-refractivity contribution in [3.63, 3.8) is 0 Å². The quantitative estimate of drug-likeness (QED) is 0.679. The van der Waals surface area contributed by atoms with Crippen LogP contribution < -0.4 is 5.32 Å². The van der Waals surface area contributed by atoms with Crippen molar-refractivity contribution in [2.24, 2.45) is 5.92 Å². The lowest BCUT2D eigenvalue weighted by Crippen LogP contribution is -2.37. The fourth-order valence-electron chi connectivity index (χ4n) is 2.10. The summed E-state index contributed by atoms with van der Waals surface area (Å²) in [5.41, 5.74) is 0. The summed E-state index contributed by atoms with van der Waals surface area (Å²) in [4.78, 5) is 0. The zero-order chi connectivity index (χ0) is 11.8. The van der Waals surface area contributed by atoms with Crippen LogP contribution in [0, 0.1) is 5.92 Å². The second kappa shape index (κ2) is 8.04. The first-order valence-electron chi connectivity index (χ1n) is 6.63. The van der Waals surface area contributed by atoms with E-state index >= 15 is 0 Å². The molecule has 3 nitrogen and oxygen atoms in total. The molecule has 1 unspecified atom stereocenters. The van der Waals surface area contributed by atoms with Gasteiger partial charge in [-0.25, -0.2) is 0 Å². The van der Waals surface area contributed by atoms with Crippen LogP contribution in [0.5, 0.6) is 0 Å². The molecule has 96 valence electrons. The molecule has 1 saturated heterocycles. The first kappa shape index (κ1) is 13.9. The van der Waals surface area contributed by atoms with Gasteiger partial charge in [-0.1, -0.05) is 0 Å². The number of hydrogen-bond acceptors (Lipinski definition) is 3. The summed E-state index contributed by atoms with van der Waals surface area (Å²) >= 11 is 0. The Bertz CT molecular complexity index is 167. The van der Waals surface area contributed by atoms with Crippen molar-refractivity contribution in [1.82, 2.24) is 5.32 Å². The topological polar surface area (TPSA) is 30.5 Å².